The summed E-state index contributed by atoms with van der Waals surface area (Å²) < 4.78 is 0. The molecule has 0 saturated carbocycles. The van der Waals surface area contributed by atoms with E-state index in [0.29, 0.717) is 6.54 Å². The van der Waals surface area contributed by atoms with Gasteiger partial charge in [0.2, 0.25) is 0 Å². The largest absolute Gasteiger partial charge is 0.349 e. The molecule has 104 valence electrons. The van der Waals surface area contributed by atoms with Crippen LogP contribution in [-0.2, 0) is 0 Å². The molecule has 1 fully saturated rings. The lowest BCUT2D eigenvalue weighted by molar-refractivity contribution is 0.0937. The highest BCUT2D eigenvalue weighted by Crippen LogP contribution is 2.14. The zero-order valence-electron chi connectivity index (χ0n) is 11.2. The average molecular weight is 264 g/mol. The number of aromatic amines is 1. The third-order valence-electron chi connectivity index (χ3n) is 3.37. The van der Waals surface area contributed by atoms with Gasteiger partial charge in [-0.1, -0.05) is 6.92 Å². The molecule has 1 aromatic heterocycles. The molecule has 1 aliphatic heterocycles. The van der Waals surface area contributed by atoms with Gasteiger partial charge in [-0.05, 0) is 31.4 Å². The summed E-state index contributed by atoms with van der Waals surface area (Å²) in [5.41, 5.74) is -0.0644. The van der Waals surface area contributed by atoms with Crippen LogP contribution < -0.4 is 10.9 Å². The molecule has 0 unspecified atom stereocenters. The van der Waals surface area contributed by atoms with Crippen LogP contribution in [0.25, 0.3) is 0 Å². The molecule has 2 N–H and O–H groups in total. The van der Waals surface area contributed by atoms with Crippen molar-refractivity contribution in [3.63, 3.8) is 0 Å². The van der Waals surface area contributed by atoms with E-state index in [1.54, 1.807) is 0 Å². The van der Waals surface area contributed by atoms with Gasteiger partial charge in [0.05, 0.1) is 0 Å². The number of rotatable bonds is 4. The third-order valence-corrected chi connectivity index (χ3v) is 3.37. The minimum Gasteiger partial charge on any atom is -0.349 e. The fourth-order valence-electron chi connectivity index (χ4n) is 2.38. The van der Waals surface area contributed by atoms with Crippen molar-refractivity contribution in [2.45, 2.75) is 19.8 Å². The zero-order valence-corrected chi connectivity index (χ0v) is 11.2. The van der Waals surface area contributed by atoms with Crippen molar-refractivity contribution in [1.82, 2.24) is 20.4 Å². The van der Waals surface area contributed by atoms with Crippen LogP contribution in [0.2, 0.25) is 0 Å². The van der Waals surface area contributed by atoms with E-state index in [0.717, 1.165) is 25.6 Å². The summed E-state index contributed by atoms with van der Waals surface area (Å²) in [4.78, 5) is 25.0. The lowest BCUT2D eigenvalue weighted by Gasteiger charge is -2.30. The van der Waals surface area contributed by atoms with Gasteiger partial charge in [0.15, 0.2) is 0 Å². The number of hydrogen-bond acceptors (Lipinski definition) is 4. The average Bonchev–Trinajstić information content (AvgIpc) is 2.39. The molecule has 6 nitrogen and oxygen atoms in total. The molecule has 0 radical (unpaired) electrons. The van der Waals surface area contributed by atoms with Gasteiger partial charge in [0.1, 0.15) is 5.69 Å². The number of carbonyl (C=O) groups excluding carboxylic acids is 1. The van der Waals surface area contributed by atoms with E-state index in [9.17, 15) is 9.59 Å². The minimum absolute atomic E-state index is 0.242. The van der Waals surface area contributed by atoms with Crippen molar-refractivity contribution < 1.29 is 4.79 Å². The maximum absolute atomic E-state index is 11.7. The van der Waals surface area contributed by atoms with Crippen molar-refractivity contribution >= 4 is 5.91 Å². The molecule has 0 aliphatic carbocycles. The molecule has 1 amide bonds. The molecule has 1 aliphatic rings. The normalized spacial score (nSPS) is 20.2. The predicted molar refractivity (Wildman–Crippen MR) is 72.0 cm³/mol. The van der Waals surface area contributed by atoms with Crippen LogP contribution in [0, 0.1) is 5.92 Å². The summed E-state index contributed by atoms with van der Waals surface area (Å²) in [6.45, 7) is 5.94. The van der Waals surface area contributed by atoms with E-state index in [1.165, 1.54) is 25.0 Å². The van der Waals surface area contributed by atoms with Crippen molar-refractivity contribution in [2.24, 2.45) is 5.92 Å². The molecule has 2 rings (SSSR count). The maximum atomic E-state index is 11.7. The molecule has 1 saturated heterocycles. The first-order valence-electron chi connectivity index (χ1n) is 6.71. The van der Waals surface area contributed by atoms with Gasteiger partial charge >= 0.3 is 0 Å². The molecule has 6 heteroatoms. The quantitative estimate of drug-likeness (QED) is 0.816. The Morgan fingerprint density at radius 2 is 2.42 bits per heavy atom. The first kappa shape index (κ1) is 13.7. The molecule has 1 aromatic rings. The molecule has 0 bridgehead atoms. The van der Waals surface area contributed by atoms with E-state index >= 15 is 0 Å². The summed E-state index contributed by atoms with van der Waals surface area (Å²) in [7, 11) is 0. The Balaban J connectivity index is 1.74. The Labute approximate surface area is 112 Å². The van der Waals surface area contributed by atoms with Crippen LogP contribution in [0.5, 0.6) is 0 Å². The number of carbonyl (C=O) groups is 1. The van der Waals surface area contributed by atoms with Crippen LogP contribution in [0.15, 0.2) is 16.9 Å². The Bertz CT molecular complexity index is 465. The van der Waals surface area contributed by atoms with Gasteiger partial charge in [-0.3, -0.25) is 9.59 Å². The minimum atomic E-state index is -0.307. The number of likely N-dealkylation sites (tertiary alicyclic amines) is 1. The molecule has 0 spiro atoms. The van der Waals surface area contributed by atoms with Gasteiger partial charge in [0, 0.05) is 25.7 Å². The van der Waals surface area contributed by atoms with E-state index in [4.69, 9.17) is 0 Å². The lowest BCUT2D eigenvalue weighted by atomic mass is 10.0. The second-order valence-electron chi connectivity index (χ2n) is 5.11. The van der Waals surface area contributed by atoms with Crippen LogP contribution in [0.1, 0.15) is 30.3 Å². The first-order valence-corrected chi connectivity index (χ1v) is 6.71. The van der Waals surface area contributed by atoms with Gasteiger partial charge in [-0.25, -0.2) is 5.10 Å². The molecule has 1 atom stereocenters. The molecule has 19 heavy (non-hydrogen) atoms. The third kappa shape index (κ3) is 4.17. The predicted octanol–water partition coefficient (Wildman–Crippen LogP) is 0.232. The number of amides is 1. The summed E-state index contributed by atoms with van der Waals surface area (Å²) in [6.07, 6.45) is 2.53. The topological polar surface area (TPSA) is 78.1 Å². The van der Waals surface area contributed by atoms with Crippen molar-refractivity contribution in [1.29, 1.82) is 0 Å². The fraction of sp³-hybridized carbons (Fsp3) is 0.615. The summed E-state index contributed by atoms with van der Waals surface area (Å²) >= 11 is 0. The van der Waals surface area contributed by atoms with Crippen LogP contribution >= 0.6 is 0 Å². The first-order chi connectivity index (χ1) is 9.15. The number of H-pyrrole nitrogens is 1. The van der Waals surface area contributed by atoms with E-state index in [2.05, 4.69) is 27.3 Å². The molecule has 2 heterocycles. The number of piperidine rings is 1. The maximum Gasteiger partial charge on any atom is 0.271 e. The molecule has 0 aromatic carbocycles. The van der Waals surface area contributed by atoms with Crippen LogP contribution in [-0.4, -0.2) is 47.2 Å². The SMILES string of the molecule is C[C@H]1CCCN(CCNC(=O)c2ccc(=O)[nH]n2)C1. The summed E-state index contributed by atoms with van der Waals surface area (Å²) in [5, 5.41) is 8.76. The van der Waals surface area contributed by atoms with E-state index < -0.39 is 0 Å². The van der Waals surface area contributed by atoms with Crippen molar-refractivity contribution in [3.05, 3.63) is 28.2 Å². The van der Waals surface area contributed by atoms with Crippen molar-refractivity contribution in [2.75, 3.05) is 26.2 Å². The highest BCUT2D eigenvalue weighted by molar-refractivity contribution is 5.91. The molecular weight excluding hydrogens is 244 g/mol. The van der Waals surface area contributed by atoms with E-state index in [-0.39, 0.29) is 17.2 Å². The summed E-state index contributed by atoms with van der Waals surface area (Å²) in [5.74, 6) is 0.492. The number of aromatic nitrogens is 2. The Kier molecular flexibility index (Phi) is 4.68. The monoisotopic (exact) mass is 264 g/mol. The number of nitrogens with one attached hydrogen (secondary N) is 2. The highest BCUT2D eigenvalue weighted by Gasteiger charge is 2.16. The number of nitrogens with zero attached hydrogens (tertiary/aromatic N) is 2. The zero-order chi connectivity index (χ0) is 13.7. The summed E-state index contributed by atoms with van der Waals surface area (Å²) in [6, 6.07) is 2.73. The molecular formula is C13H20N4O2. The second-order valence-corrected chi connectivity index (χ2v) is 5.11. The van der Waals surface area contributed by atoms with Gasteiger partial charge in [-0.2, -0.15) is 5.10 Å². The smallest absolute Gasteiger partial charge is 0.271 e. The van der Waals surface area contributed by atoms with Crippen LogP contribution in [0.3, 0.4) is 0 Å². The second kappa shape index (κ2) is 6.47. The highest BCUT2D eigenvalue weighted by atomic mass is 16.2. The van der Waals surface area contributed by atoms with Gasteiger partial charge in [-0.15, -0.1) is 0 Å². The standard InChI is InChI=1S/C13H20N4O2/c1-10-3-2-7-17(9-10)8-6-14-13(19)11-4-5-12(18)16-15-11/h4-5,10H,2-3,6-9H2,1H3,(H,14,19)(H,16,18)/t10-/m0/s1. The Hall–Kier alpha value is -1.69. The van der Waals surface area contributed by atoms with Crippen LogP contribution in [0.4, 0.5) is 0 Å². The van der Waals surface area contributed by atoms with Gasteiger partial charge < -0.3 is 10.2 Å². The van der Waals surface area contributed by atoms with E-state index in [1.807, 2.05) is 0 Å². The van der Waals surface area contributed by atoms with Crippen molar-refractivity contribution in [3.8, 4) is 0 Å². The lowest BCUT2D eigenvalue weighted by Crippen LogP contribution is -2.40. The van der Waals surface area contributed by atoms with Gasteiger partial charge in [0.25, 0.3) is 11.5 Å². The Morgan fingerprint density at radius 3 is 3.11 bits per heavy atom. The fourth-order valence-corrected chi connectivity index (χ4v) is 2.38. The Morgan fingerprint density at radius 1 is 1.58 bits per heavy atom. The number of hydrogen-bond donors (Lipinski definition) is 2.